The van der Waals surface area contributed by atoms with Crippen molar-refractivity contribution in [3.63, 3.8) is 0 Å². The first kappa shape index (κ1) is 24.9. The molecule has 34 heavy (non-hydrogen) atoms. The number of anilines is 1. The summed E-state index contributed by atoms with van der Waals surface area (Å²) in [6.45, 7) is 1.36. The predicted octanol–water partition coefficient (Wildman–Crippen LogP) is 4.14. The fraction of sp³-hybridized carbons (Fsp3) is 0.240. The minimum atomic E-state index is -3.80. The molecule has 0 saturated carbocycles. The fourth-order valence-electron chi connectivity index (χ4n) is 3.42. The Morgan fingerprint density at radius 2 is 1.59 bits per heavy atom. The van der Waals surface area contributed by atoms with Crippen LogP contribution in [0, 0.1) is 0 Å². The molecule has 3 rings (SSSR count). The summed E-state index contributed by atoms with van der Waals surface area (Å²) >= 11 is 0. The molecule has 3 aromatic rings. The summed E-state index contributed by atoms with van der Waals surface area (Å²) < 4.78 is 42.9. The van der Waals surface area contributed by atoms with Crippen molar-refractivity contribution in [3.8, 4) is 23.0 Å². The van der Waals surface area contributed by atoms with Gasteiger partial charge in [-0.15, -0.1) is 0 Å². The van der Waals surface area contributed by atoms with Crippen molar-refractivity contribution in [3.05, 3.63) is 78.4 Å². The zero-order chi connectivity index (χ0) is 24.7. The Balaban J connectivity index is 1.84. The van der Waals surface area contributed by atoms with Gasteiger partial charge in [0.15, 0.2) is 5.75 Å². The molecule has 1 unspecified atom stereocenters. The van der Waals surface area contributed by atoms with Crippen LogP contribution in [0.5, 0.6) is 23.0 Å². The first-order chi connectivity index (χ1) is 16.2. The maximum atomic E-state index is 13.0. The Bertz CT molecular complexity index is 1230. The highest BCUT2D eigenvalue weighted by molar-refractivity contribution is 7.92. The molecule has 0 aromatic heterocycles. The number of amides is 1. The van der Waals surface area contributed by atoms with E-state index in [0.717, 1.165) is 10.6 Å². The lowest BCUT2D eigenvalue weighted by atomic mass is 10.1. The van der Waals surface area contributed by atoms with Crippen LogP contribution in [-0.4, -0.2) is 41.3 Å². The maximum Gasteiger partial charge on any atom is 0.241 e. The molecular weight excluding hydrogens is 456 g/mol. The third-order valence-corrected chi connectivity index (χ3v) is 6.20. The molecule has 0 aliphatic rings. The van der Waals surface area contributed by atoms with Crippen molar-refractivity contribution < 1.29 is 27.4 Å². The quantitative estimate of drug-likeness (QED) is 0.465. The van der Waals surface area contributed by atoms with Crippen LogP contribution >= 0.6 is 0 Å². The molecule has 3 aromatic carbocycles. The molecular formula is C25H28N2O6S. The molecule has 0 saturated heterocycles. The van der Waals surface area contributed by atoms with Gasteiger partial charge in [-0.1, -0.05) is 30.3 Å². The number of ether oxygens (including phenoxy) is 3. The zero-order valence-electron chi connectivity index (χ0n) is 19.5. The van der Waals surface area contributed by atoms with Gasteiger partial charge < -0.3 is 19.5 Å². The summed E-state index contributed by atoms with van der Waals surface area (Å²) in [6.07, 6.45) is 1.05. The van der Waals surface area contributed by atoms with Crippen LogP contribution in [0.25, 0.3) is 0 Å². The number of nitrogens with zero attached hydrogens (tertiary/aromatic N) is 1. The lowest BCUT2D eigenvalue weighted by molar-refractivity contribution is -0.120. The predicted molar refractivity (Wildman–Crippen MR) is 131 cm³/mol. The number of sulfonamides is 1. The summed E-state index contributed by atoms with van der Waals surface area (Å²) in [7, 11) is -0.718. The molecule has 0 spiro atoms. The molecule has 8 nitrogen and oxygen atoms in total. The highest BCUT2D eigenvalue weighted by atomic mass is 32.2. The fourth-order valence-corrected chi connectivity index (χ4v) is 4.28. The summed E-state index contributed by atoms with van der Waals surface area (Å²) in [5.74, 6) is 1.56. The van der Waals surface area contributed by atoms with Crippen LogP contribution in [0.1, 0.15) is 18.5 Å². The third kappa shape index (κ3) is 6.20. The van der Waals surface area contributed by atoms with E-state index in [0.29, 0.717) is 28.6 Å². The average molecular weight is 485 g/mol. The molecule has 0 aliphatic carbocycles. The van der Waals surface area contributed by atoms with Gasteiger partial charge in [-0.25, -0.2) is 8.42 Å². The van der Waals surface area contributed by atoms with Crippen LogP contribution in [0.3, 0.4) is 0 Å². The number of hydrogen-bond donors (Lipinski definition) is 1. The molecule has 9 heteroatoms. The average Bonchev–Trinajstić information content (AvgIpc) is 2.82. The smallest absolute Gasteiger partial charge is 0.241 e. The molecule has 1 atom stereocenters. The second-order valence-electron chi connectivity index (χ2n) is 7.55. The van der Waals surface area contributed by atoms with Gasteiger partial charge in [-0.05, 0) is 49.4 Å². The number of benzene rings is 3. The van der Waals surface area contributed by atoms with E-state index in [9.17, 15) is 13.2 Å². The van der Waals surface area contributed by atoms with E-state index < -0.39 is 28.5 Å². The molecule has 0 radical (unpaired) electrons. The number of hydrogen-bond acceptors (Lipinski definition) is 6. The molecule has 0 bridgehead atoms. The highest BCUT2D eigenvalue weighted by Gasteiger charge is 2.25. The zero-order valence-corrected chi connectivity index (χ0v) is 20.3. The number of methoxy groups -OCH3 is 2. The van der Waals surface area contributed by atoms with E-state index in [2.05, 4.69) is 5.32 Å². The number of para-hydroxylation sites is 3. The normalized spacial score (nSPS) is 11.9. The summed E-state index contributed by atoms with van der Waals surface area (Å²) in [5, 5.41) is 2.84. The van der Waals surface area contributed by atoms with Crippen LogP contribution in [0.4, 0.5) is 5.69 Å². The summed E-state index contributed by atoms with van der Waals surface area (Å²) in [6, 6.07) is 20.5. The first-order valence-corrected chi connectivity index (χ1v) is 12.4. The van der Waals surface area contributed by atoms with Gasteiger partial charge in [0.05, 0.1) is 32.2 Å². The number of carbonyl (C=O) groups is 1. The standard InChI is InChI=1S/C25H28N2O6S/c1-18(21-16-20(31-2)14-15-23(21)32-3)26-25(28)17-27(34(4,29)30)22-12-8-9-13-24(22)33-19-10-6-5-7-11-19/h5-16,18H,17H2,1-4H3,(H,26,28). The molecule has 1 N–H and O–H groups in total. The lowest BCUT2D eigenvalue weighted by Crippen LogP contribution is -2.41. The topological polar surface area (TPSA) is 94.2 Å². The van der Waals surface area contributed by atoms with Crippen molar-refractivity contribution in [2.75, 3.05) is 31.3 Å². The van der Waals surface area contributed by atoms with Gasteiger partial charge in [0.1, 0.15) is 23.8 Å². The SMILES string of the molecule is COc1ccc(OC)c(C(C)NC(=O)CN(c2ccccc2Oc2ccccc2)S(C)(=O)=O)c1. The van der Waals surface area contributed by atoms with Crippen LogP contribution < -0.4 is 23.8 Å². The van der Waals surface area contributed by atoms with Crippen molar-refractivity contribution in [1.82, 2.24) is 5.32 Å². The molecule has 0 heterocycles. The Labute approximate surface area is 200 Å². The van der Waals surface area contributed by atoms with Crippen molar-refractivity contribution in [2.45, 2.75) is 13.0 Å². The minimum Gasteiger partial charge on any atom is -0.497 e. The van der Waals surface area contributed by atoms with Crippen LogP contribution in [0.2, 0.25) is 0 Å². The Morgan fingerprint density at radius 1 is 0.912 bits per heavy atom. The molecule has 1 amide bonds. The highest BCUT2D eigenvalue weighted by Crippen LogP contribution is 2.34. The van der Waals surface area contributed by atoms with Gasteiger partial charge in [-0.2, -0.15) is 0 Å². The van der Waals surface area contributed by atoms with Crippen molar-refractivity contribution in [1.29, 1.82) is 0 Å². The second-order valence-corrected chi connectivity index (χ2v) is 9.46. The monoisotopic (exact) mass is 484 g/mol. The van der Waals surface area contributed by atoms with E-state index in [1.165, 1.54) is 7.11 Å². The maximum absolute atomic E-state index is 13.0. The third-order valence-electron chi connectivity index (χ3n) is 5.07. The van der Waals surface area contributed by atoms with E-state index in [4.69, 9.17) is 14.2 Å². The van der Waals surface area contributed by atoms with Crippen LogP contribution in [0.15, 0.2) is 72.8 Å². The van der Waals surface area contributed by atoms with Gasteiger partial charge in [-0.3, -0.25) is 9.10 Å². The minimum absolute atomic E-state index is 0.260. The van der Waals surface area contributed by atoms with Crippen molar-refractivity contribution >= 4 is 21.6 Å². The van der Waals surface area contributed by atoms with E-state index in [-0.39, 0.29) is 5.69 Å². The summed E-state index contributed by atoms with van der Waals surface area (Å²) in [4.78, 5) is 13.0. The Hall–Kier alpha value is -3.72. The number of nitrogens with one attached hydrogen (secondary N) is 1. The second kappa shape index (κ2) is 10.9. The first-order valence-electron chi connectivity index (χ1n) is 10.5. The molecule has 0 fully saturated rings. The Morgan fingerprint density at radius 3 is 2.24 bits per heavy atom. The lowest BCUT2D eigenvalue weighted by Gasteiger charge is -2.25. The van der Waals surface area contributed by atoms with Crippen LogP contribution in [-0.2, 0) is 14.8 Å². The van der Waals surface area contributed by atoms with E-state index in [1.54, 1.807) is 68.6 Å². The van der Waals surface area contributed by atoms with E-state index >= 15 is 0 Å². The Kier molecular flexibility index (Phi) is 8.01. The van der Waals surface area contributed by atoms with Gasteiger partial charge in [0.2, 0.25) is 15.9 Å². The van der Waals surface area contributed by atoms with Gasteiger partial charge >= 0.3 is 0 Å². The van der Waals surface area contributed by atoms with Gasteiger partial charge in [0.25, 0.3) is 0 Å². The van der Waals surface area contributed by atoms with E-state index in [1.807, 2.05) is 18.2 Å². The number of rotatable bonds is 10. The van der Waals surface area contributed by atoms with Crippen molar-refractivity contribution in [2.24, 2.45) is 0 Å². The summed E-state index contributed by atoms with van der Waals surface area (Å²) in [5.41, 5.74) is 0.963. The van der Waals surface area contributed by atoms with Gasteiger partial charge in [0, 0.05) is 5.56 Å². The largest absolute Gasteiger partial charge is 0.497 e. The number of carbonyl (C=O) groups excluding carboxylic acids is 1. The molecule has 180 valence electrons. The molecule has 0 aliphatic heterocycles.